The third-order valence-corrected chi connectivity index (χ3v) is 4.26. The van der Waals surface area contributed by atoms with Crippen LogP contribution in [0.25, 0.3) is 0 Å². The van der Waals surface area contributed by atoms with Gasteiger partial charge in [-0.05, 0) is 25.1 Å². The summed E-state index contributed by atoms with van der Waals surface area (Å²) in [5.74, 6) is -0.725. The second-order valence-corrected chi connectivity index (χ2v) is 5.58. The predicted molar refractivity (Wildman–Crippen MR) is 56.9 cm³/mol. The minimum atomic E-state index is -3.97. The lowest BCUT2D eigenvalue weighted by Crippen LogP contribution is -2.32. The summed E-state index contributed by atoms with van der Waals surface area (Å²) in [5.41, 5.74) is 0. The molecule has 0 N–H and O–H groups in total. The van der Waals surface area contributed by atoms with Crippen molar-refractivity contribution in [2.24, 2.45) is 0 Å². The molecule has 3 nitrogen and oxygen atoms in total. The molecule has 0 amide bonds. The van der Waals surface area contributed by atoms with Crippen molar-refractivity contribution in [3.05, 3.63) is 29.0 Å². The van der Waals surface area contributed by atoms with Gasteiger partial charge in [-0.1, -0.05) is 11.6 Å². The van der Waals surface area contributed by atoms with E-state index in [1.165, 1.54) is 0 Å². The average molecular weight is 270 g/mol. The van der Waals surface area contributed by atoms with Crippen molar-refractivity contribution in [3.8, 4) is 0 Å². The Morgan fingerprint density at radius 3 is 2.44 bits per heavy atom. The SMILES string of the molecule is CC(F)N(C)S(=O)(=O)c1ccc(F)c(Cl)c1. The molecule has 1 aromatic rings. The fraction of sp³-hybridized carbons (Fsp3) is 0.333. The van der Waals surface area contributed by atoms with Gasteiger partial charge in [-0.3, -0.25) is 0 Å². The van der Waals surface area contributed by atoms with Crippen LogP contribution in [0.3, 0.4) is 0 Å². The fourth-order valence-electron chi connectivity index (χ4n) is 0.995. The van der Waals surface area contributed by atoms with Gasteiger partial charge in [0.2, 0.25) is 10.0 Å². The third kappa shape index (κ3) is 2.50. The molecular formula is C9H10ClF2NO2S. The largest absolute Gasteiger partial charge is 0.245 e. The Bertz CT molecular complexity index is 490. The topological polar surface area (TPSA) is 37.4 Å². The first-order valence-corrected chi connectivity index (χ1v) is 6.16. The number of alkyl halides is 1. The summed E-state index contributed by atoms with van der Waals surface area (Å²) >= 11 is 5.45. The first-order chi connectivity index (χ1) is 7.26. The van der Waals surface area contributed by atoms with Gasteiger partial charge in [0.1, 0.15) is 5.82 Å². The van der Waals surface area contributed by atoms with Crippen LogP contribution in [0.4, 0.5) is 8.78 Å². The summed E-state index contributed by atoms with van der Waals surface area (Å²) in [5, 5.41) is -0.319. The molecule has 0 aromatic heterocycles. The molecule has 0 fully saturated rings. The second kappa shape index (κ2) is 4.65. The number of hydrogen-bond acceptors (Lipinski definition) is 2. The molecule has 0 spiro atoms. The van der Waals surface area contributed by atoms with E-state index in [4.69, 9.17) is 11.6 Å². The molecule has 16 heavy (non-hydrogen) atoms. The Hall–Kier alpha value is -0.720. The molecule has 0 aliphatic carbocycles. The van der Waals surface area contributed by atoms with Crippen molar-refractivity contribution < 1.29 is 17.2 Å². The Kier molecular flexibility index (Phi) is 3.88. The lowest BCUT2D eigenvalue weighted by Gasteiger charge is -2.18. The molecule has 1 rings (SSSR count). The van der Waals surface area contributed by atoms with Crippen LogP contribution in [-0.4, -0.2) is 26.1 Å². The van der Waals surface area contributed by atoms with Crippen LogP contribution in [-0.2, 0) is 10.0 Å². The highest BCUT2D eigenvalue weighted by molar-refractivity contribution is 7.89. The van der Waals surface area contributed by atoms with Gasteiger partial charge < -0.3 is 0 Å². The lowest BCUT2D eigenvalue weighted by atomic mass is 10.3. The molecule has 0 saturated carbocycles. The van der Waals surface area contributed by atoms with Crippen molar-refractivity contribution in [3.63, 3.8) is 0 Å². The van der Waals surface area contributed by atoms with Crippen molar-refractivity contribution in [2.75, 3.05) is 7.05 Å². The van der Waals surface area contributed by atoms with Crippen LogP contribution >= 0.6 is 11.6 Å². The molecule has 0 aliphatic rings. The molecule has 0 saturated heterocycles. The van der Waals surface area contributed by atoms with Crippen LogP contribution in [0.2, 0.25) is 5.02 Å². The molecule has 1 unspecified atom stereocenters. The number of benzene rings is 1. The summed E-state index contributed by atoms with van der Waals surface area (Å²) in [6.45, 7) is 1.09. The van der Waals surface area contributed by atoms with E-state index in [0.717, 1.165) is 32.2 Å². The van der Waals surface area contributed by atoms with Crippen LogP contribution in [0, 0.1) is 5.82 Å². The van der Waals surface area contributed by atoms with Gasteiger partial charge in [-0.25, -0.2) is 17.2 Å². The summed E-state index contributed by atoms with van der Waals surface area (Å²) in [4.78, 5) is -0.245. The first kappa shape index (κ1) is 13.3. The van der Waals surface area contributed by atoms with Crippen LogP contribution in [0.1, 0.15) is 6.92 Å². The van der Waals surface area contributed by atoms with Gasteiger partial charge in [-0.2, -0.15) is 4.31 Å². The van der Waals surface area contributed by atoms with Gasteiger partial charge in [-0.15, -0.1) is 0 Å². The zero-order valence-electron chi connectivity index (χ0n) is 8.62. The number of hydrogen-bond donors (Lipinski definition) is 0. The number of halogens is 3. The first-order valence-electron chi connectivity index (χ1n) is 4.34. The third-order valence-electron chi connectivity index (χ3n) is 2.07. The number of sulfonamides is 1. The van der Waals surface area contributed by atoms with Crippen molar-refractivity contribution >= 4 is 21.6 Å². The van der Waals surface area contributed by atoms with Crippen molar-refractivity contribution in [2.45, 2.75) is 18.1 Å². The number of rotatable bonds is 3. The van der Waals surface area contributed by atoms with Crippen LogP contribution in [0.15, 0.2) is 23.1 Å². The lowest BCUT2D eigenvalue weighted by molar-refractivity contribution is 0.212. The quantitative estimate of drug-likeness (QED) is 0.791. The summed E-state index contributed by atoms with van der Waals surface area (Å²) < 4.78 is 49.8. The summed E-state index contributed by atoms with van der Waals surface area (Å²) in [6, 6.07) is 2.91. The zero-order chi connectivity index (χ0) is 12.5. The van der Waals surface area contributed by atoms with E-state index in [0.29, 0.717) is 4.31 Å². The minimum Gasteiger partial charge on any atom is -0.229 e. The smallest absolute Gasteiger partial charge is 0.229 e. The highest BCUT2D eigenvalue weighted by Gasteiger charge is 2.25. The van der Waals surface area contributed by atoms with E-state index >= 15 is 0 Å². The Balaban J connectivity index is 3.23. The molecule has 7 heteroatoms. The zero-order valence-corrected chi connectivity index (χ0v) is 10.2. The predicted octanol–water partition coefficient (Wildman–Crippen LogP) is 2.42. The highest BCUT2D eigenvalue weighted by Crippen LogP contribution is 2.22. The molecule has 0 aliphatic heterocycles. The normalized spacial score (nSPS) is 14.1. The molecule has 0 heterocycles. The van der Waals surface area contributed by atoms with Gasteiger partial charge in [0.15, 0.2) is 6.30 Å². The maximum Gasteiger partial charge on any atom is 0.245 e. The molecule has 90 valence electrons. The summed E-state index contributed by atoms with van der Waals surface area (Å²) in [7, 11) is -2.88. The second-order valence-electron chi connectivity index (χ2n) is 3.17. The molecule has 0 radical (unpaired) electrons. The molecule has 1 aromatic carbocycles. The van der Waals surface area contributed by atoms with E-state index in [1.54, 1.807) is 0 Å². The molecular weight excluding hydrogens is 260 g/mol. The fourth-order valence-corrected chi connectivity index (χ4v) is 2.46. The van der Waals surface area contributed by atoms with Crippen LogP contribution in [0.5, 0.6) is 0 Å². The van der Waals surface area contributed by atoms with Gasteiger partial charge in [0.05, 0.1) is 9.92 Å². The van der Waals surface area contributed by atoms with Crippen molar-refractivity contribution in [1.29, 1.82) is 0 Å². The Morgan fingerprint density at radius 2 is 2.00 bits per heavy atom. The average Bonchev–Trinajstić information content (AvgIpc) is 2.20. The maximum absolute atomic E-state index is 12.9. The van der Waals surface area contributed by atoms with Gasteiger partial charge in [0.25, 0.3) is 0 Å². The Morgan fingerprint density at radius 1 is 1.44 bits per heavy atom. The monoisotopic (exact) mass is 269 g/mol. The van der Waals surface area contributed by atoms with E-state index in [9.17, 15) is 17.2 Å². The maximum atomic E-state index is 12.9. The Labute approximate surface area is 97.7 Å². The summed E-state index contributed by atoms with van der Waals surface area (Å²) in [6.07, 6.45) is -1.67. The van der Waals surface area contributed by atoms with Crippen molar-refractivity contribution in [1.82, 2.24) is 4.31 Å². The molecule has 0 bridgehead atoms. The standard InChI is InChI=1S/C9H10ClF2NO2S/c1-6(11)13(2)16(14,15)7-3-4-9(12)8(10)5-7/h3-6H,1-2H3. The van der Waals surface area contributed by atoms with E-state index in [2.05, 4.69) is 0 Å². The van der Waals surface area contributed by atoms with E-state index < -0.39 is 22.1 Å². The van der Waals surface area contributed by atoms with E-state index in [-0.39, 0.29) is 9.92 Å². The van der Waals surface area contributed by atoms with E-state index in [1.807, 2.05) is 0 Å². The van der Waals surface area contributed by atoms with Gasteiger partial charge >= 0.3 is 0 Å². The molecule has 1 atom stereocenters. The number of nitrogens with zero attached hydrogens (tertiary/aromatic N) is 1. The van der Waals surface area contributed by atoms with Gasteiger partial charge in [0, 0.05) is 7.05 Å². The minimum absolute atomic E-state index is 0.245. The van der Waals surface area contributed by atoms with Crippen LogP contribution < -0.4 is 0 Å². The highest BCUT2D eigenvalue weighted by atomic mass is 35.5.